The molecule has 0 aromatic carbocycles. The summed E-state index contributed by atoms with van der Waals surface area (Å²) in [4.78, 5) is 2.52. The highest BCUT2D eigenvalue weighted by atomic mass is 15.3. The summed E-state index contributed by atoms with van der Waals surface area (Å²) in [5.41, 5.74) is 8.51. The molecule has 4 nitrogen and oxygen atoms in total. The number of hydrogen-bond donors (Lipinski definition) is 1. The summed E-state index contributed by atoms with van der Waals surface area (Å²) in [6.45, 7) is 7.55. The van der Waals surface area contributed by atoms with E-state index in [1.54, 1.807) is 0 Å². The molecule has 1 fully saturated rings. The lowest BCUT2D eigenvalue weighted by Crippen LogP contribution is -2.41. The molecule has 96 valence electrons. The van der Waals surface area contributed by atoms with Gasteiger partial charge in [0.15, 0.2) is 0 Å². The molecule has 4 heteroatoms. The van der Waals surface area contributed by atoms with Gasteiger partial charge in [-0.25, -0.2) is 0 Å². The number of hydrogen-bond acceptors (Lipinski definition) is 3. The highest BCUT2D eigenvalue weighted by molar-refractivity contribution is 5.15. The Labute approximate surface area is 104 Å². The predicted octanol–water partition coefficient (Wildman–Crippen LogP) is 1.29. The number of rotatable bonds is 3. The van der Waals surface area contributed by atoms with Crippen LogP contribution in [0.5, 0.6) is 0 Å². The second kappa shape index (κ2) is 5.19. The minimum atomic E-state index is 0.313. The molecule has 2 unspecified atom stereocenters. The molecule has 1 aromatic heterocycles. The third-order valence-electron chi connectivity index (χ3n) is 3.79. The van der Waals surface area contributed by atoms with E-state index in [9.17, 15) is 0 Å². The van der Waals surface area contributed by atoms with Gasteiger partial charge >= 0.3 is 0 Å². The summed E-state index contributed by atoms with van der Waals surface area (Å²) in [7, 11) is 1.98. The highest BCUT2D eigenvalue weighted by Crippen LogP contribution is 2.21. The fourth-order valence-corrected chi connectivity index (χ4v) is 2.71. The van der Waals surface area contributed by atoms with Crippen LogP contribution in [-0.4, -0.2) is 33.8 Å². The first kappa shape index (κ1) is 12.6. The fourth-order valence-electron chi connectivity index (χ4n) is 2.71. The van der Waals surface area contributed by atoms with Crippen molar-refractivity contribution in [2.24, 2.45) is 18.7 Å². The molecule has 1 saturated heterocycles. The first-order chi connectivity index (χ1) is 8.06. The number of piperidine rings is 1. The van der Waals surface area contributed by atoms with Crippen LogP contribution in [0.25, 0.3) is 0 Å². The van der Waals surface area contributed by atoms with Crippen LogP contribution in [0.15, 0.2) is 6.20 Å². The van der Waals surface area contributed by atoms with Gasteiger partial charge in [-0.3, -0.25) is 9.58 Å². The third kappa shape index (κ3) is 3.07. The largest absolute Gasteiger partial charge is 0.328 e. The number of aryl methyl sites for hydroxylation is 2. The van der Waals surface area contributed by atoms with Gasteiger partial charge in [-0.1, -0.05) is 0 Å². The molecule has 2 atom stereocenters. The van der Waals surface area contributed by atoms with Crippen LogP contribution >= 0.6 is 0 Å². The summed E-state index contributed by atoms with van der Waals surface area (Å²) >= 11 is 0. The van der Waals surface area contributed by atoms with Crippen molar-refractivity contribution < 1.29 is 0 Å². The van der Waals surface area contributed by atoms with Gasteiger partial charge < -0.3 is 5.73 Å². The van der Waals surface area contributed by atoms with Gasteiger partial charge in [0.25, 0.3) is 0 Å². The Morgan fingerprint density at radius 2 is 2.35 bits per heavy atom. The van der Waals surface area contributed by atoms with Gasteiger partial charge in [0, 0.05) is 37.9 Å². The molecule has 17 heavy (non-hydrogen) atoms. The van der Waals surface area contributed by atoms with E-state index in [2.05, 4.69) is 30.0 Å². The first-order valence-corrected chi connectivity index (χ1v) is 6.53. The van der Waals surface area contributed by atoms with E-state index >= 15 is 0 Å². The third-order valence-corrected chi connectivity index (χ3v) is 3.79. The van der Waals surface area contributed by atoms with Crippen molar-refractivity contribution in [1.82, 2.24) is 14.7 Å². The maximum Gasteiger partial charge on any atom is 0.0638 e. The van der Waals surface area contributed by atoms with Crippen molar-refractivity contribution in [1.29, 1.82) is 0 Å². The van der Waals surface area contributed by atoms with E-state index in [4.69, 9.17) is 5.73 Å². The van der Waals surface area contributed by atoms with E-state index in [1.165, 1.54) is 24.9 Å². The molecule has 1 aromatic rings. The Bertz CT molecular complexity index is 369. The molecule has 0 saturated carbocycles. The predicted molar refractivity (Wildman–Crippen MR) is 69.6 cm³/mol. The molecular formula is C13H24N4. The quantitative estimate of drug-likeness (QED) is 0.860. The van der Waals surface area contributed by atoms with Crippen molar-refractivity contribution in [3.63, 3.8) is 0 Å². The lowest BCUT2D eigenvalue weighted by atomic mass is 9.92. The monoisotopic (exact) mass is 236 g/mol. The zero-order chi connectivity index (χ0) is 12.4. The molecule has 0 spiro atoms. The van der Waals surface area contributed by atoms with Crippen molar-refractivity contribution in [3.05, 3.63) is 17.5 Å². The van der Waals surface area contributed by atoms with Gasteiger partial charge in [0.2, 0.25) is 0 Å². The summed E-state index contributed by atoms with van der Waals surface area (Å²) in [5, 5.41) is 4.40. The average molecular weight is 236 g/mol. The Morgan fingerprint density at radius 3 is 2.94 bits per heavy atom. The summed E-state index contributed by atoms with van der Waals surface area (Å²) in [5.74, 6) is 0.653. The van der Waals surface area contributed by atoms with E-state index in [1.807, 2.05) is 11.7 Å². The molecule has 2 N–H and O–H groups in total. The minimum absolute atomic E-state index is 0.313. The van der Waals surface area contributed by atoms with E-state index < -0.39 is 0 Å². The summed E-state index contributed by atoms with van der Waals surface area (Å²) < 4.78 is 1.90. The van der Waals surface area contributed by atoms with Gasteiger partial charge in [-0.15, -0.1) is 0 Å². The van der Waals surface area contributed by atoms with Gasteiger partial charge in [-0.05, 0) is 39.2 Å². The lowest BCUT2D eigenvalue weighted by Gasteiger charge is -2.34. The van der Waals surface area contributed by atoms with Crippen LogP contribution in [0.2, 0.25) is 0 Å². The second-order valence-corrected chi connectivity index (χ2v) is 5.41. The molecule has 0 radical (unpaired) electrons. The van der Waals surface area contributed by atoms with Crippen LogP contribution in [0.4, 0.5) is 0 Å². The van der Waals surface area contributed by atoms with E-state index in [0.717, 1.165) is 18.8 Å². The number of aromatic nitrogens is 2. The maximum atomic E-state index is 6.01. The van der Waals surface area contributed by atoms with Crippen LogP contribution in [0, 0.1) is 12.8 Å². The number of nitrogens with zero attached hydrogens (tertiary/aromatic N) is 3. The Hall–Kier alpha value is -0.870. The summed E-state index contributed by atoms with van der Waals surface area (Å²) in [6, 6.07) is 0.313. The van der Waals surface area contributed by atoms with Crippen LogP contribution in [0.3, 0.4) is 0 Å². The maximum absolute atomic E-state index is 6.01. The summed E-state index contributed by atoms with van der Waals surface area (Å²) in [6.07, 6.45) is 4.68. The van der Waals surface area contributed by atoms with E-state index in [-0.39, 0.29) is 0 Å². The minimum Gasteiger partial charge on any atom is -0.328 e. The van der Waals surface area contributed by atoms with Crippen LogP contribution in [-0.2, 0) is 13.6 Å². The van der Waals surface area contributed by atoms with Gasteiger partial charge in [0.05, 0.1) is 5.69 Å². The SMILES string of the molecule is Cc1nn(C)cc1CN1CCCC(C(C)N)C1. The molecular weight excluding hydrogens is 212 g/mol. The highest BCUT2D eigenvalue weighted by Gasteiger charge is 2.23. The topological polar surface area (TPSA) is 47.1 Å². The first-order valence-electron chi connectivity index (χ1n) is 6.53. The van der Waals surface area contributed by atoms with Crippen molar-refractivity contribution >= 4 is 0 Å². The van der Waals surface area contributed by atoms with Crippen molar-refractivity contribution in [2.75, 3.05) is 13.1 Å². The van der Waals surface area contributed by atoms with Crippen molar-refractivity contribution in [2.45, 2.75) is 39.3 Å². The fraction of sp³-hybridized carbons (Fsp3) is 0.769. The van der Waals surface area contributed by atoms with Crippen LogP contribution in [0.1, 0.15) is 31.0 Å². The van der Waals surface area contributed by atoms with Crippen LogP contribution < -0.4 is 5.73 Å². The normalized spacial score (nSPS) is 23.9. The number of nitrogens with two attached hydrogens (primary N) is 1. The molecule has 2 rings (SSSR count). The van der Waals surface area contributed by atoms with Gasteiger partial charge in [0.1, 0.15) is 0 Å². The standard InChI is InChI=1S/C13H24N4/c1-10(14)12-5-4-6-17(8-12)9-13-7-16(3)15-11(13)2/h7,10,12H,4-6,8-9,14H2,1-3H3. The molecule has 0 bridgehead atoms. The lowest BCUT2D eigenvalue weighted by molar-refractivity contribution is 0.154. The Kier molecular flexibility index (Phi) is 3.84. The average Bonchev–Trinajstić information content (AvgIpc) is 2.58. The molecule has 1 aliphatic rings. The zero-order valence-corrected chi connectivity index (χ0v) is 11.2. The number of likely N-dealkylation sites (tertiary alicyclic amines) is 1. The Morgan fingerprint density at radius 1 is 1.59 bits per heavy atom. The smallest absolute Gasteiger partial charge is 0.0638 e. The Balaban J connectivity index is 1.97. The molecule has 0 amide bonds. The zero-order valence-electron chi connectivity index (χ0n) is 11.2. The van der Waals surface area contributed by atoms with Gasteiger partial charge in [-0.2, -0.15) is 5.10 Å². The van der Waals surface area contributed by atoms with Crippen molar-refractivity contribution in [3.8, 4) is 0 Å². The van der Waals surface area contributed by atoms with E-state index in [0.29, 0.717) is 12.0 Å². The molecule has 1 aliphatic heterocycles. The molecule has 2 heterocycles. The molecule has 0 aliphatic carbocycles. The second-order valence-electron chi connectivity index (χ2n) is 5.41.